The van der Waals surface area contributed by atoms with Crippen LogP contribution < -0.4 is 16.2 Å². The van der Waals surface area contributed by atoms with E-state index in [1.165, 1.54) is 0 Å². The molecule has 0 aromatic heterocycles. The number of hydrogen-bond donors (Lipinski definition) is 2. The van der Waals surface area contributed by atoms with Crippen molar-refractivity contribution in [3.8, 4) is 5.75 Å². The lowest BCUT2D eigenvalue weighted by Crippen LogP contribution is -2.19. The topological polar surface area (TPSA) is 78.3 Å². The zero-order valence-corrected chi connectivity index (χ0v) is 10.5. The molecular formula is C12H17ClN2O2. The highest BCUT2D eigenvalue weighted by atomic mass is 35.5. The van der Waals surface area contributed by atoms with Gasteiger partial charge in [0.15, 0.2) is 0 Å². The third kappa shape index (κ3) is 3.27. The molecule has 0 heterocycles. The van der Waals surface area contributed by atoms with Gasteiger partial charge in [-0.15, -0.1) is 12.4 Å². The van der Waals surface area contributed by atoms with E-state index >= 15 is 0 Å². The van der Waals surface area contributed by atoms with Gasteiger partial charge in [0.25, 0.3) is 0 Å². The van der Waals surface area contributed by atoms with Crippen LogP contribution in [-0.2, 0) is 4.79 Å². The predicted octanol–water partition coefficient (Wildman–Crippen LogP) is 1.82. The number of hydrogen-bond acceptors (Lipinski definition) is 3. The molecule has 5 heteroatoms. The van der Waals surface area contributed by atoms with Crippen LogP contribution >= 0.6 is 12.4 Å². The summed E-state index contributed by atoms with van der Waals surface area (Å²) in [6, 6.07) is 5.40. The molecule has 0 radical (unpaired) electrons. The quantitative estimate of drug-likeness (QED) is 0.807. The van der Waals surface area contributed by atoms with Gasteiger partial charge in [-0.2, -0.15) is 0 Å². The summed E-state index contributed by atoms with van der Waals surface area (Å²) in [5.41, 5.74) is 12.4. The first kappa shape index (κ1) is 13.6. The van der Waals surface area contributed by atoms with Crippen molar-refractivity contribution in [3.05, 3.63) is 23.8 Å². The number of benzene rings is 1. The Morgan fingerprint density at radius 3 is 2.59 bits per heavy atom. The molecule has 0 bridgehead atoms. The molecule has 17 heavy (non-hydrogen) atoms. The summed E-state index contributed by atoms with van der Waals surface area (Å²) in [7, 11) is 0. The highest BCUT2D eigenvalue weighted by Gasteiger charge is 2.24. The van der Waals surface area contributed by atoms with Crippen molar-refractivity contribution in [2.75, 3.05) is 5.73 Å². The van der Waals surface area contributed by atoms with Crippen molar-refractivity contribution in [1.29, 1.82) is 0 Å². The fraction of sp³-hybridized carbons (Fsp3) is 0.417. The molecule has 1 saturated carbocycles. The second-order valence-electron chi connectivity index (χ2n) is 4.23. The summed E-state index contributed by atoms with van der Waals surface area (Å²) in [6.45, 7) is 1.75. The largest absolute Gasteiger partial charge is 0.490 e. The monoisotopic (exact) mass is 256 g/mol. The van der Waals surface area contributed by atoms with Gasteiger partial charge in [0, 0.05) is 11.8 Å². The first-order valence-corrected chi connectivity index (χ1v) is 5.43. The molecule has 4 N–H and O–H groups in total. The van der Waals surface area contributed by atoms with Crippen LogP contribution in [0.25, 0.3) is 0 Å². The molecule has 1 aromatic carbocycles. The number of carbonyl (C=O) groups is 1. The summed E-state index contributed by atoms with van der Waals surface area (Å²) in [6.07, 6.45) is 2.57. The second kappa shape index (κ2) is 5.27. The van der Waals surface area contributed by atoms with E-state index in [-0.39, 0.29) is 24.2 Å². The third-order valence-electron chi connectivity index (χ3n) is 2.78. The Hall–Kier alpha value is -1.42. The van der Waals surface area contributed by atoms with Crippen LogP contribution in [-0.4, -0.2) is 12.0 Å². The van der Waals surface area contributed by atoms with Gasteiger partial charge in [0.05, 0.1) is 12.0 Å². The van der Waals surface area contributed by atoms with Gasteiger partial charge in [-0.05, 0) is 31.4 Å². The van der Waals surface area contributed by atoms with E-state index in [0.717, 1.165) is 24.2 Å². The fourth-order valence-electron chi connectivity index (χ4n) is 1.55. The van der Waals surface area contributed by atoms with E-state index in [1.54, 1.807) is 13.0 Å². The van der Waals surface area contributed by atoms with Crippen LogP contribution in [0.5, 0.6) is 5.75 Å². The minimum absolute atomic E-state index is 0. The number of primary amides is 1. The minimum Gasteiger partial charge on any atom is -0.490 e. The van der Waals surface area contributed by atoms with Crippen molar-refractivity contribution in [1.82, 2.24) is 0 Å². The summed E-state index contributed by atoms with van der Waals surface area (Å²) >= 11 is 0. The van der Waals surface area contributed by atoms with Crippen molar-refractivity contribution in [2.45, 2.75) is 31.8 Å². The van der Waals surface area contributed by atoms with Crippen LogP contribution in [0.2, 0.25) is 0 Å². The van der Waals surface area contributed by atoms with Crippen molar-refractivity contribution in [2.24, 2.45) is 5.73 Å². The second-order valence-corrected chi connectivity index (χ2v) is 4.23. The molecule has 1 fully saturated rings. The van der Waals surface area contributed by atoms with Gasteiger partial charge < -0.3 is 16.2 Å². The molecule has 0 spiro atoms. The first-order valence-electron chi connectivity index (χ1n) is 5.43. The molecule has 4 nitrogen and oxygen atoms in total. The molecule has 1 atom stereocenters. The molecule has 94 valence electrons. The smallest absolute Gasteiger partial charge is 0.224 e. The van der Waals surface area contributed by atoms with Crippen LogP contribution in [0.15, 0.2) is 18.2 Å². The summed E-state index contributed by atoms with van der Waals surface area (Å²) in [4.78, 5) is 11.1. The molecule has 0 saturated heterocycles. The molecule has 0 aliphatic heterocycles. The van der Waals surface area contributed by atoms with Crippen molar-refractivity contribution in [3.63, 3.8) is 0 Å². The summed E-state index contributed by atoms with van der Waals surface area (Å²) < 4.78 is 5.61. The SMILES string of the molecule is CC(C(N)=O)c1ccc(OC2CC2)cc1N.Cl. The van der Waals surface area contributed by atoms with E-state index < -0.39 is 0 Å². The van der Waals surface area contributed by atoms with E-state index in [1.807, 2.05) is 12.1 Å². The third-order valence-corrected chi connectivity index (χ3v) is 2.78. The molecule has 1 aliphatic carbocycles. The molecule has 1 amide bonds. The minimum atomic E-state index is -0.373. The lowest BCUT2D eigenvalue weighted by atomic mass is 9.99. The average Bonchev–Trinajstić information content (AvgIpc) is 3.01. The number of nitrogens with two attached hydrogens (primary N) is 2. The van der Waals surface area contributed by atoms with Gasteiger partial charge in [-0.3, -0.25) is 4.79 Å². The standard InChI is InChI=1S/C12H16N2O2.ClH/c1-7(12(14)15)10-5-4-9(6-11(10)13)16-8-2-3-8;/h4-8H,2-3,13H2,1H3,(H2,14,15);1H. The normalized spacial score (nSPS) is 15.8. The Kier molecular flexibility index (Phi) is 4.23. The Bertz CT molecular complexity index is 419. The zero-order chi connectivity index (χ0) is 11.7. The first-order chi connectivity index (χ1) is 7.58. The number of nitrogen functional groups attached to an aromatic ring is 1. The molecule has 2 rings (SSSR count). The van der Waals surface area contributed by atoms with E-state index in [9.17, 15) is 4.79 Å². The highest BCUT2D eigenvalue weighted by molar-refractivity contribution is 5.85. The lowest BCUT2D eigenvalue weighted by molar-refractivity contribution is -0.119. The fourth-order valence-corrected chi connectivity index (χ4v) is 1.55. The number of anilines is 1. The number of rotatable bonds is 4. The van der Waals surface area contributed by atoms with Crippen molar-refractivity contribution >= 4 is 24.0 Å². The highest BCUT2D eigenvalue weighted by Crippen LogP contribution is 2.30. The predicted molar refractivity (Wildman–Crippen MR) is 69.4 cm³/mol. The number of carbonyl (C=O) groups excluding carboxylic acids is 1. The van der Waals surface area contributed by atoms with Gasteiger partial charge in [-0.25, -0.2) is 0 Å². The van der Waals surface area contributed by atoms with Gasteiger partial charge >= 0.3 is 0 Å². The Balaban J connectivity index is 0.00000144. The molecular weight excluding hydrogens is 240 g/mol. The zero-order valence-electron chi connectivity index (χ0n) is 9.68. The Morgan fingerprint density at radius 1 is 1.47 bits per heavy atom. The van der Waals surface area contributed by atoms with Gasteiger partial charge in [0.2, 0.25) is 5.91 Å². The number of halogens is 1. The van der Waals surface area contributed by atoms with Gasteiger partial charge in [0.1, 0.15) is 5.75 Å². The van der Waals surface area contributed by atoms with Gasteiger partial charge in [-0.1, -0.05) is 6.07 Å². The maximum atomic E-state index is 11.1. The Morgan fingerprint density at radius 2 is 2.12 bits per heavy atom. The number of ether oxygens (including phenoxy) is 1. The van der Waals surface area contributed by atoms with E-state index in [2.05, 4.69) is 0 Å². The molecule has 1 aliphatic rings. The number of amides is 1. The van der Waals surface area contributed by atoms with E-state index in [4.69, 9.17) is 16.2 Å². The lowest BCUT2D eigenvalue weighted by Gasteiger charge is -2.12. The molecule has 1 aromatic rings. The molecule has 1 unspecified atom stereocenters. The van der Waals surface area contributed by atoms with E-state index in [0.29, 0.717) is 11.8 Å². The maximum absolute atomic E-state index is 11.1. The van der Waals surface area contributed by atoms with Crippen LogP contribution in [0.1, 0.15) is 31.2 Å². The van der Waals surface area contributed by atoms with Crippen LogP contribution in [0.4, 0.5) is 5.69 Å². The Labute approximate surface area is 107 Å². The van der Waals surface area contributed by atoms with Crippen molar-refractivity contribution < 1.29 is 9.53 Å². The summed E-state index contributed by atoms with van der Waals surface area (Å²) in [5, 5.41) is 0. The maximum Gasteiger partial charge on any atom is 0.224 e. The summed E-state index contributed by atoms with van der Waals surface area (Å²) in [5.74, 6) is 0.0259. The van der Waals surface area contributed by atoms with Crippen LogP contribution in [0.3, 0.4) is 0 Å². The van der Waals surface area contributed by atoms with Crippen LogP contribution in [0, 0.1) is 0 Å². The average molecular weight is 257 g/mol.